The van der Waals surface area contributed by atoms with Crippen molar-refractivity contribution in [2.75, 3.05) is 51.3 Å². The molecule has 1 saturated heterocycles. The van der Waals surface area contributed by atoms with Gasteiger partial charge in [-0.3, -0.25) is 9.59 Å². The van der Waals surface area contributed by atoms with Gasteiger partial charge in [0.1, 0.15) is 0 Å². The molecule has 1 heterocycles. The fourth-order valence-electron chi connectivity index (χ4n) is 3.84. The molecule has 3 rings (SSSR count). The second kappa shape index (κ2) is 12.2. The van der Waals surface area contributed by atoms with E-state index in [-0.39, 0.29) is 24.8 Å². The summed E-state index contributed by atoms with van der Waals surface area (Å²) in [6.07, 6.45) is 1.83. The van der Waals surface area contributed by atoms with Gasteiger partial charge in [0.2, 0.25) is 17.6 Å². The van der Waals surface area contributed by atoms with Crippen LogP contribution in [-0.2, 0) is 9.59 Å². The standard InChI is InChI=1S/C26H34N2O7/c1-6-10-34-20-9-8-18(13-21(20)35-11-7-2)27-26(30)17-12-24(29)28(16-17)19-14-22(31-3)25(33-5)23(15-19)32-4/h8-9,13-15,17H,6-7,10-12,16H2,1-5H3,(H,27,30). The molecule has 190 valence electrons. The molecule has 9 heteroatoms. The zero-order chi connectivity index (χ0) is 25.4. The van der Waals surface area contributed by atoms with Crippen molar-refractivity contribution < 1.29 is 33.3 Å². The summed E-state index contributed by atoms with van der Waals surface area (Å²) in [4.78, 5) is 27.4. The molecule has 0 aliphatic carbocycles. The van der Waals surface area contributed by atoms with Gasteiger partial charge < -0.3 is 33.9 Å². The first kappa shape index (κ1) is 26.0. The number of hydrogen-bond acceptors (Lipinski definition) is 7. The van der Waals surface area contributed by atoms with Crippen LogP contribution < -0.4 is 33.9 Å². The minimum absolute atomic E-state index is 0.0966. The van der Waals surface area contributed by atoms with Crippen LogP contribution in [0.1, 0.15) is 33.1 Å². The molecule has 1 atom stereocenters. The van der Waals surface area contributed by atoms with E-state index in [9.17, 15) is 9.59 Å². The van der Waals surface area contributed by atoms with Crippen molar-refractivity contribution in [2.24, 2.45) is 5.92 Å². The van der Waals surface area contributed by atoms with Crippen LogP contribution in [0, 0.1) is 5.92 Å². The number of carbonyl (C=O) groups excluding carboxylic acids is 2. The van der Waals surface area contributed by atoms with Gasteiger partial charge in [-0.25, -0.2) is 0 Å². The first-order valence-corrected chi connectivity index (χ1v) is 11.8. The molecule has 1 aliphatic heterocycles. The van der Waals surface area contributed by atoms with E-state index in [1.807, 2.05) is 13.8 Å². The Morgan fingerprint density at radius 1 is 0.914 bits per heavy atom. The van der Waals surface area contributed by atoms with Gasteiger partial charge in [-0.15, -0.1) is 0 Å². The molecule has 0 spiro atoms. The maximum atomic E-state index is 13.0. The van der Waals surface area contributed by atoms with E-state index in [0.29, 0.717) is 53.3 Å². The van der Waals surface area contributed by atoms with Gasteiger partial charge in [-0.2, -0.15) is 0 Å². The molecule has 35 heavy (non-hydrogen) atoms. The maximum absolute atomic E-state index is 13.0. The lowest BCUT2D eigenvalue weighted by Crippen LogP contribution is -2.28. The lowest BCUT2D eigenvalue weighted by atomic mass is 10.1. The average Bonchev–Trinajstić information content (AvgIpc) is 3.27. The maximum Gasteiger partial charge on any atom is 0.229 e. The van der Waals surface area contributed by atoms with Crippen molar-refractivity contribution in [1.29, 1.82) is 0 Å². The number of benzene rings is 2. The van der Waals surface area contributed by atoms with Gasteiger partial charge in [0.25, 0.3) is 0 Å². The number of hydrogen-bond donors (Lipinski definition) is 1. The van der Waals surface area contributed by atoms with Crippen molar-refractivity contribution >= 4 is 23.2 Å². The molecule has 0 bridgehead atoms. The molecule has 1 unspecified atom stereocenters. The highest BCUT2D eigenvalue weighted by Crippen LogP contribution is 2.42. The average molecular weight is 487 g/mol. The largest absolute Gasteiger partial charge is 0.493 e. The third-order valence-electron chi connectivity index (χ3n) is 5.59. The lowest BCUT2D eigenvalue weighted by molar-refractivity contribution is -0.122. The highest BCUT2D eigenvalue weighted by atomic mass is 16.5. The Labute approximate surface area is 206 Å². The van der Waals surface area contributed by atoms with E-state index in [1.54, 1.807) is 35.2 Å². The van der Waals surface area contributed by atoms with Crippen LogP contribution in [0.2, 0.25) is 0 Å². The van der Waals surface area contributed by atoms with Gasteiger partial charge in [0.15, 0.2) is 23.0 Å². The van der Waals surface area contributed by atoms with Crippen LogP contribution in [0.25, 0.3) is 0 Å². The summed E-state index contributed by atoms with van der Waals surface area (Å²) in [6.45, 7) is 5.41. The molecule has 2 amide bonds. The number of ether oxygens (including phenoxy) is 5. The van der Waals surface area contributed by atoms with E-state index >= 15 is 0 Å². The number of amides is 2. The smallest absolute Gasteiger partial charge is 0.229 e. The number of anilines is 2. The van der Waals surface area contributed by atoms with E-state index < -0.39 is 5.92 Å². The Hall–Kier alpha value is -3.62. The Balaban J connectivity index is 1.75. The Bertz CT molecular complexity index is 1020. The number of methoxy groups -OCH3 is 3. The lowest BCUT2D eigenvalue weighted by Gasteiger charge is -2.20. The summed E-state index contributed by atoms with van der Waals surface area (Å²) >= 11 is 0. The predicted octanol–water partition coefficient (Wildman–Crippen LogP) is 4.28. The topological polar surface area (TPSA) is 95.6 Å². The Kier molecular flexibility index (Phi) is 9.05. The van der Waals surface area contributed by atoms with Crippen molar-refractivity contribution in [2.45, 2.75) is 33.1 Å². The SMILES string of the molecule is CCCOc1ccc(NC(=O)C2CC(=O)N(c3cc(OC)c(OC)c(OC)c3)C2)cc1OCCC. The molecule has 0 radical (unpaired) electrons. The van der Waals surface area contributed by atoms with Gasteiger partial charge in [0.05, 0.1) is 46.1 Å². The number of carbonyl (C=O) groups is 2. The molecule has 1 N–H and O–H groups in total. The summed E-state index contributed by atoms with van der Waals surface area (Å²) in [5.41, 5.74) is 1.16. The van der Waals surface area contributed by atoms with Crippen LogP contribution in [0.15, 0.2) is 30.3 Å². The molecule has 1 aliphatic rings. The quantitative estimate of drug-likeness (QED) is 0.478. The summed E-state index contributed by atoms with van der Waals surface area (Å²) in [7, 11) is 4.54. The third kappa shape index (κ3) is 6.09. The normalized spacial score (nSPS) is 15.1. The predicted molar refractivity (Wildman–Crippen MR) is 133 cm³/mol. The summed E-state index contributed by atoms with van der Waals surface area (Å²) in [6, 6.07) is 8.72. The minimum atomic E-state index is -0.516. The molecule has 2 aromatic rings. The molecular formula is C26H34N2O7. The van der Waals surface area contributed by atoms with Crippen molar-refractivity contribution in [3.63, 3.8) is 0 Å². The first-order chi connectivity index (χ1) is 16.9. The van der Waals surface area contributed by atoms with Crippen molar-refractivity contribution in [3.05, 3.63) is 30.3 Å². The van der Waals surface area contributed by atoms with Crippen LogP contribution in [-0.4, -0.2) is 52.9 Å². The van der Waals surface area contributed by atoms with E-state index in [4.69, 9.17) is 23.7 Å². The molecule has 0 aromatic heterocycles. The van der Waals surface area contributed by atoms with Crippen LogP contribution >= 0.6 is 0 Å². The van der Waals surface area contributed by atoms with Crippen molar-refractivity contribution in [1.82, 2.24) is 0 Å². The van der Waals surface area contributed by atoms with E-state index in [0.717, 1.165) is 12.8 Å². The third-order valence-corrected chi connectivity index (χ3v) is 5.59. The molecular weight excluding hydrogens is 452 g/mol. The second-order valence-electron chi connectivity index (χ2n) is 8.14. The highest BCUT2D eigenvalue weighted by molar-refractivity contribution is 6.03. The van der Waals surface area contributed by atoms with Crippen LogP contribution in [0.3, 0.4) is 0 Å². The highest BCUT2D eigenvalue weighted by Gasteiger charge is 2.36. The molecule has 1 fully saturated rings. The minimum Gasteiger partial charge on any atom is -0.493 e. The molecule has 9 nitrogen and oxygen atoms in total. The summed E-state index contributed by atoms with van der Waals surface area (Å²) < 4.78 is 27.7. The van der Waals surface area contributed by atoms with Crippen LogP contribution in [0.4, 0.5) is 11.4 Å². The monoisotopic (exact) mass is 486 g/mol. The zero-order valence-electron chi connectivity index (χ0n) is 21.0. The fourth-order valence-corrected chi connectivity index (χ4v) is 3.84. The van der Waals surface area contributed by atoms with Crippen molar-refractivity contribution in [3.8, 4) is 28.7 Å². The first-order valence-electron chi connectivity index (χ1n) is 11.8. The summed E-state index contributed by atoms with van der Waals surface area (Å²) in [5.74, 6) is 1.62. The van der Waals surface area contributed by atoms with Gasteiger partial charge in [-0.05, 0) is 25.0 Å². The number of nitrogens with one attached hydrogen (secondary N) is 1. The van der Waals surface area contributed by atoms with Crippen LogP contribution in [0.5, 0.6) is 28.7 Å². The van der Waals surface area contributed by atoms with E-state index in [1.165, 1.54) is 21.3 Å². The fraction of sp³-hybridized carbons (Fsp3) is 0.462. The summed E-state index contributed by atoms with van der Waals surface area (Å²) in [5, 5.41) is 2.92. The Morgan fingerprint density at radius 3 is 2.11 bits per heavy atom. The number of rotatable bonds is 12. The van der Waals surface area contributed by atoms with Gasteiger partial charge in [-0.1, -0.05) is 13.8 Å². The van der Waals surface area contributed by atoms with E-state index in [2.05, 4.69) is 5.32 Å². The molecule has 0 saturated carbocycles. The Morgan fingerprint density at radius 2 is 1.54 bits per heavy atom. The van der Waals surface area contributed by atoms with Gasteiger partial charge in [0, 0.05) is 36.9 Å². The molecule has 2 aromatic carbocycles. The number of nitrogens with zero attached hydrogens (tertiary/aromatic N) is 1. The second-order valence-corrected chi connectivity index (χ2v) is 8.14. The zero-order valence-corrected chi connectivity index (χ0v) is 21.0. The van der Waals surface area contributed by atoms with Gasteiger partial charge >= 0.3 is 0 Å².